The van der Waals surface area contributed by atoms with Gasteiger partial charge in [0, 0.05) is 11.6 Å². The largest absolute Gasteiger partial charge is 0.439 e. The zero-order valence-corrected chi connectivity index (χ0v) is 18.0. The van der Waals surface area contributed by atoms with Crippen LogP contribution in [-0.4, -0.2) is 16.6 Å². The second-order valence-electron chi connectivity index (χ2n) is 7.23. The molecule has 2 aromatic carbocycles. The first-order valence-corrected chi connectivity index (χ1v) is 9.82. The molecule has 0 saturated carbocycles. The zero-order chi connectivity index (χ0) is 22.8. The smallest absolute Gasteiger partial charge is 0.345 e. The van der Waals surface area contributed by atoms with Crippen LogP contribution in [0.1, 0.15) is 25.0 Å². The number of hydrogen-bond donors (Lipinski definition) is 1. The van der Waals surface area contributed by atoms with E-state index in [0.717, 1.165) is 16.8 Å². The third-order valence-electron chi connectivity index (χ3n) is 4.99. The number of rotatable bonds is 4. The lowest BCUT2D eigenvalue weighted by Crippen LogP contribution is -2.29. The first-order chi connectivity index (χ1) is 15.4. The number of benzene rings is 2. The van der Waals surface area contributed by atoms with Crippen LogP contribution in [0.4, 0.5) is 11.4 Å². The van der Waals surface area contributed by atoms with Crippen molar-refractivity contribution in [1.82, 2.24) is 5.59 Å². The van der Waals surface area contributed by atoms with E-state index in [1.807, 2.05) is 62.4 Å². The maximum Gasteiger partial charge on any atom is 0.439 e. The minimum absolute atomic E-state index is 0.142. The summed E-state index contributed by atoms with van der Waals surface area (Å²) >= 11 is 0. The normalized spacial score (nSPS) is 19.2. The van der Waals surface area contributed by atoms with E-state index in [9.17, 15) is 9.59 Å². The number of aryl methyl sites for hydroxylation is 2. The number of azo groups is 1. The maximum atomic E-state index is 12.3. The van der Waals surface area contributed by atoms with E-state index in [2.05, 4.69) is 21.1 Å². The number of para-hydroxylation sites is 2. The first-order valence-electron chi connectivity index (χ1n) is 9.82. The molecule has 0 aromatic heterocycles. The van der Waals surface area contributed by atoms with Crippen molar-refractivity contribution in [3.63, 3.8) is 0 Å². The predicted molar refractivity (Wildman–Crippen MR) is 113 cm³/mol. The molecule has 2 aromatic rings. The Bertz CT molecular complexity index is 1240. The topological polar surface area (TPSA) is 108 Å². The molecule has 32 heavy (non-hydrogen) atoms. The predicted octanol–water partition coefficient (Wildman–Crippen LogP) is 4.27. The van der Waals surface area contributed by atoms with Crippen LogP contribution in [0.5, 0.6) is 0 Å². The molecule has 0 radical (unpaired) electrons. The average Bonchev–Trinajstić information content (AvgIpc) is 3.35. The zero-order valence-electron chi connectivity index (χ0n) is 18.0. The Morgan fingerprint density at radius 1 is 0.938 bits per heavy atom. The Balaban J connectivity index is 1.70. The minimum atomic E-state index is -0.640. The molecule has 0 atom stereocenters. The van der Waals surface area contributed by atoms with Crippen LogP contribution in [0.25, 0.3) is 0 Å². The van der Waals surface area contributed by atoms with Gasteiger partial charge in [-0.2, -0.15) is 5.11 Å². The SMILES string of the molecule is CC(/N=N/C(C)=C1\C(=O)ONN1c1ccccc1C)=C1\C(=O)ON=[N+]1c1ccccc1C. The molecule has 0 aliphatic carbocycles. The second-order valence-corrected chi connectivity index (χ2v) is 7.23. The van der Waals surface area contributed by atoms with Gasteiger partial charge in [-0.25, -0.2) is 14.6 Å². The summed E-state index contributed by atoms with van der Waals surface area (Å²) in [6, 6.07) is 14.9. The van der Waals surface area contributed by atoms with Crippen LogP contribution in [-0.2, 0) is 19.3 Å². The molecule has 10 heteroatoms. The first kappa shape index (κ1) is 21.1. The highest BCUT2D eigenvalue weighted by molar-refractivity contribution is 5.95. The van der Waals surface area contributed by atoms with Crippen molar-refractivity contribution in [2.45, 2.75) is 27.7 Å². The van der Waals surface area contributed by atoms with Crippen molar-refractivity contribution < 1.29 is 24.0 Å². The van der Waals surface area contributed by atoms with E-state index in [-0.39, 0.29) is 17.1 Å². The van der Waals surface area contributed by atoms with Gasteiger partial charge in [0.2, 0.25) is 11.0 Å². The lowest BCUT2D eigenvalue weighted by atomic mass is 10.2. The summed E-state index contributed by atoms with van der Waals surface area (Å²) in [5, 5.41) is 13.7. The summed E-state index contributed by atoms with van der Waals surface area (Å²) in [5.41, 5.74) is 6.77. The molecule has 10 nitrogen and oxygen atoms in total. The average molecular weight is 433 g/mol. The summed E-state index contributed by atoms with van der Waals surface area (Å²) in [6.45, 7) is 7.06. The van der Waals surface area contributed by atoms with Gasteiger partial charge in [-0.1, -0.05) is 42.0 Å². The van der Waals surface area contributed by atoms with Gasteiger partial charge in [0.15, 0.2) is 5.70 Å². The molecule has 0 amide bonds. The van der Waals surface area contributed by atoms with Crippen molar-refractivity contribution in [3.8, 4) is 0 Å². The molecular weight excluding hydrogens is 412 g/mol. The van der Waals surface area contributed by atoms with E-state index in [1.165, 1.54) is 9.71 Å². The van der Waals surface area contributed by atoms with E-state index in [1.54, 1.807) is 13.8 Å². The molecule has 1 fully saturated rings. The number of hydrogen-bond acceptors (Lipinski definition) is 9. The van der Waals surface area contributed by atoms with E-state index < -0.39 is 11.9 Å². The van der Waals surface area contributed by atoms with E-state index in [4.69, 9.17) is 9.68 Å². The fourth-order valence-corrected chi connectivity index (χ4v) is 3.33. The molecule has 0 spiro atoms. The summed E-state index contributed by atoms with van der Waals surface area (Å²) in [5.74, 6) is -1.23. The van der Waals surface area contributed by atoms with Crippen molar-refractivity contribution in [3.05, 3.63) is 82.4 Å². The lowest BCUT2D eigenvalue weighted by Gasteiger charge is -2.18. The number of allylic oxidation sites excluding steroid dienone is 2. The molecule has 2 aliphatic heterocycles. The highest BCUT2D eigenvalue weighted by atomic mass is 16.7. The van der Waals surface area contributed by atoms with Gasteiger partial charge in [0.1, 0.15) is 5.70 Å². The van der Waals surface area contributed by atoms with Gasteiger partial charge < -0.3 is 4.84 Å². The van der Waals surface area contributed by atoms with Crippen LogP contribution in [0, 0.1) is 13.8 Å². The van der Waals surface area contributed by atoms with Gasteiger partial charge >= 0.3 is 17.6 Å². The number of carbonyl (C=O) groups excluding carboxylic acids is 2. The summed E-state index contributed by atoms with van der Waals surface area (Å²) in [6.07, 6.45) is 0. The lowest BCUT2D eigenvalue weighted by molar-refractivity contribution is -0.465. The molecule has 2 heterocycles. The minimum Gasteiger partial charge on any atom is -0.345 e. The number of anilines is 1. The van der Waals surface area contributed by atoms with Crippen molar-refractivity contribution in [2.75, 3.05) is 5.01 Å². The Labute approximate surface area is 184 Å². The summed E-state index contributed by atoms with van der Waals surface area (Å²) in [4.78, 5) is 34.5. The fourth-order valence-electron chi connectivity index (χ4n) is 3.33. The molecule has 1 saturated heterocycles. The fraction of sp³-hybridized carbons (Fsp3) is 0.182. The van der Waals surface area contributed by atoms with Crippen LogP contribution in [0.2, 0.25) is 0 Å². The van der Waals surface area contributed by atoms with Gasteiger partial charge in [-0.05, 0) is 44.0 Å². The Morgan fingerprint density at radius 2 is 1.59 bits per heavy atom. The second kappa shape index (κ2) is 8.52. The number of nitrogens with zero attached hydrogens (tertiary/aromatic N) is 5. The number of hydrazine groups is 1. The highest BCUT2D eigenvalue weighted by Gasteiger charge is 2.40. The van der Waals surface area contributed by atoms with Gasteiger partial charge in [0.25, 0.3) is 0 Å². The van der Waals surface area contributed by atoms with Crippen LogP contribution >= 0.6 is 0 Å². The van der Waals surface area contributed by atoms with Crippen LogP contribution < -0.4 is 10.6 Å². The van der Waals surface area contributed by atoms with Crippen LogP contribution in [0.3, 0.4) is 0 Å². The molecular formula is C22H21N6O4+. The molecule has 2 aliphatic rings. The monoisotopic (exact) mass is 433 g/mol. The molecule has 162 valence electrons. The molecule has 0 bridgehead atoms. The Hall–Kier alpha value is -4.18. The van der Waals surface area contributed by atoms with Crippen molar-refractivity contribution >= 4 is 23.3 Å². The maximum absolute atomic E-state index is 12.3. The Kier molecular flexibility index (Phi) is 5.61. The third-order valence-corrected chi connectivity index (χ3v) is 4.99. The summed E-state index contributed by atoms with van der Waals surface area (Å²) in [7, 11) is 0. The van der Waals surface area contributed by atoms with Crippen molar-refractivity contribution in [1.29, 1.82) is 0 Å². The molecule has 0 unspecified atom stereocenters. The Morgan fingerprint density at radius 3 is 2.31 bits per heavy atom. The number of carbonyl (C=O) groups is 2. The quantitative estimate of drug-likeness (QED) is 0.438. The van der Waals surface area contributed by atoms with Gasteiger partial charge in [-0.3, -0.25) is 4.84 Å². The summed E-state index contributed by atoms with van der Waals surface area (Å²) < 4.78 is 1.39. The van der Waals surface area contributed by atoms with E-state index in [0.29, 0.717) is 11.4 Å². The third kappa shape index (κ3) is 3.79. The molecule has 4 rings (SSSR count). The van der Waals surface area contributed by atoms with Crippen LogP contribution in [0.15, 0.2) is 86.8 Å². The van der Waals surface area contributed by atoms with Gasteiger partial charge in [0.05, 0.1) is 11.4 Å². The standard InChI is InChI=1S/C22H21N6O4/c1-13-9-5-7-11-17(13)27-19(21(29)31-25-27)15(3)23-24-16(4)20-22(30)32-26-28(20)18-12-8-6-10-14(18)2/h5-12,25H,1-4H3/q+1/b19-15+,20-16-,24-23+. The van der Waals surface area contributed by atoms with Gasteiger partial charge in [-0.15, -0.1) is 5.11 Å². The van der Waals surface area contributed by atoms with E-state index >= 15 is 0 Å². The van der Waals surface area contributed by atoms with Crippen molar-refractivity contribution in [2.24, 2.45) is 15.5 Å². The number of nitrogens with one attached hydrogen (secondary N) is 1. The molecule has 1 N–H and O–H groups in total. The highest BCUT2D eigenvalue weighted by Crippen LogP contribution is 2.30.